The second-order valence-electron chi connectivity index (χ2n) is 5.53. The van der Waals surface area contributed by atoms with Crippen LogP contribution in [0.2, 0.25) is 0 Å². The molecule has 7 nitrogen and oxygen atoms in total. The number of hydrazone groups is 1. The Kier molecular flexibility index (Phi) is 8.61. The number of halogens is 1. The minimum atomic E-state index is -0.472. The number of para-hydroxylation sites is 1. The molecule has 0 fully saturated rings. The molecule has 0 unspecified atom stereocenters. The Hall–Kier alpha value is -2.74. The van der Waals surface area contributed by atoms with E-state index in [-0.39, 0.29) is 6.61 Å². The molecule has 0 saturated carbocycles. The lowest BCUT2D eigenvalue weighted by atomic mass is 10.2. The third-order valence-corrected chi connectivity index (χ3v) is 4.25. The summed E-state index contributed by atoms with van der Waals surface area (Å²) in [6.45, 7) is 2.64. The summed E-state index contributed by atoms with van der Waals surface area (Å²) < 4.78 is 21.7. The summed E-state index contributed by atoms with van der Waals surface area (Å²) >= 11 is 3.45. The Balaban J connectivity index is 2.08. The number of nitrogens with zero attached hydrogens (tertiary/aromatic N) is 1. The molecule has 2 aromatic carbocycles. The van der Waals surface area contributed by atoms with Crippen LogP contribution in [0, 0.1) is 0 Å². The normalized spacial score (nSPS) is 10.6. The molecule has 0 aliphatic carbocycles. The standard InChI is InChI=1S/C20H23BrN2O5/c1-4-27-18-10-14(9-16(21)20(18)28-13-19(24)26-3)11-22-23-12-15-7-5-6-8-17(15)25-2/h5-11,23H,4,12-13H2,1-3H3/b22-11-. The fraction of sp³-hybridized carbons (Fsp3) is 0.300. The van der Waals surface area contributed by atoms with Gasteiger partial charge in [0.15, 0.2) is 18.1 Å². The van der Waals surface area contributed by atoms with Gasteiger partial charge in [0.1, 0.15) is 5.75 Å². The minimum absolute atomic E-state index is 0.205. The third-order valence-electron chi connectivity index (χ3n) is 3.66. The molecule has 0 heterocycles. The molecule has 150 valence electrons. The zero-order valence-corrected chi connectivity index (χ0v) is 17.6. The highest BCUT2D eigenvalue weighted by molar-refractivity contribution is 9.10. The van der Waals surface area contributed by atoms with Crippen molar-refractivity contribution in [2.24, 2.45) is 5.10 Å². The molecule has 0 aliphatic heterocycles. The van der Waals surface area contributed by atoms with E-state index in [1.54, 1.807) is 19.4 Å². The molecular weight excluding hydrogens is 428 g/mol. The number of carbonyl (C=O) groups is 1. The molecule has 0 aliphatic rings. The topological polar surface area (TPSA) is 78.4 Å². The summed E-state index contributed by atoms with van der Waals surface area (Å²) in [5, 5.41) is 4.25. The molecule has 0 aromatic heterocycles. The summed E-state index contributed by atoms with van der Waals surface area (Å²) in [4.78, 5) is 11.3. The van der Waals surface area contributed by atoms with Crippen LogP contribution in [-0.4, -0.2) is 39.6 Å². The smallest absolute Gasteiger partial charge is 0.343 e. The van der Waals surface area contributed by atoms with Crippen LogP contribution < -0.4 is 19.6 Å². The van der Waals surface area contributed by atoms with Crippen LogP contribution in [0.4, 0.5) is 0 Å². The van der Waals surface area contributed by atoms with Crippen LogP contribution in [0.25, 0.3) is 0 Å². The van der Waals surface area contributed by atoms with E-state index in [4.69, 9.17) is 14.2 Å². The maximum Gasteiger partial charge on any atom is 0.343 e. The van der Waals surface area contributed by atoms with E-state index >= 15 is 0 Å². The number of nitrogens with one attached hydrogen (secondary N) is 1. The van der Waals surface area contributed by atoms with Crippen LogP contribution in [-0.2, 0) is 16.1 Å². The van der Waals surface area contributed by atoms with Gasteiger partial charge in [-0.3, -0.25) is 0 Å². The predicted octanol–water partition coefficient (Wildman–Crippen LogP) is 3.53. The molecule has 8 heteroatoms. The van der Waals surface area contributed by atoms with Gasteiger partial charge in [-0.15, -0.1) is 0 Å². The number of methoxy groups -OCH3 is 2. The number of benzene rings is 2. The Labute approximate surface area is 172 Å². The summed E-state index contributed by atoms with van der Waals surface area (Å²) in [6.07, 6.45) is 1.67. The van der Waals surface area contributed by atoms with Gasteiger partial charge in [0.05, 0.1) is 38.1 Å². The quantitative estimate of drug-likeness (QED) is 0.338. The SMILES string of the molecule is CCOc1cc(/C=N\NCc2ccccc2OC)cc(Br)c1OCC(=O)OC. The first-order valence-corrected chi connectivity index (χ1v) is 9.42. The summed E-state index contributed by atoms with van der Waals surface area (Å²) in [5.41, 5.74) is 4.80. The van der Waals surface area contributed by atoms with Gasteiger partial charge in [0.2, 0.25) is 0 Å². The highest BCUT2D eigenvalue weighted by Crippen LogP contribution is 2.36. The second-order valence-corrected chi connectivity index (χ2v) is 6.39. The number of hydrogen-bond acceptors (Lipinski definition) is 7. The summed E-state index contributed by atoms with van der Waals surface area (Å²) in [7, 11) is 2.94. The second kappa shape index (κ2) is 11.2. The molecule has 0 amide bonds. The van der Waals surface area contributed by atoms with Gasteiger partial charge in [-0.2, -0.15) is 5.10 Å². The van der Waals surface area contributed by atoms with Crippen molar-refractivity contribution in [1.29, 1.82) is 0 Å². The van der Waals surface area contributed by atoms with Crippen LogP contribution in [0.5, 0.6) is 17.2 Å². The number of rotatable bonds is 10. The fourth-order valence-corrected chi connectivity index (χ4v) is 2.93. The van der Waals surface area contributed by atoms with Crippen molar-refractivity contribution in [2.45, 2.75) is 13.5 Å². The van der Waals surface area contributed by atoms with Crippen LogP contribution >= 0.6 is 15.9 Å². The molecule has 0 spiro atoms. The van der Waals surface area contributed by atoms with E-state index in [9.17, 15) is 4.79 Å². The largest absolute Gasteiger partial charge is 0.496 e. The zero-order valence-electron chi connectivity index (χ0n) is 16.0. The molecular formula is C20H23BrN2O5. The van der Waals surface area contributed by atoms with Crippen molar-refractivity contribution in [3.63, 3.8) is 0 Å². The Morgan fingerprint density at radius 2 is 1.96 bits per heavy atom. The van der Waals surface area contributed by atoms with Crippen molar-refractivity contribution in [3.8, 4) is 17.2 Å². The van der Waals surface area contributed by atoms with Gasteiger partial charge in [0, 0.05) is 5.56 Å². The van der Waals surface area contributed by atoms with Gasteiger partial charge in [-0.1, -0.05) is 18.2 Å². The van der Waals surface area contributed by atoms with Gasteiger partial charge < -0.3 is 24.4 Å². The first-order chi connectivity index (χ1) is 13.6. The highest BCUT2D eigenvalue weighted by atomic mass is 79.9. The number of carbonyl (C=O) groups excluding carboxylic acids is 1. The van der Waals surface area contributed by atoms with Crippen molar-refractivity contribution < 1.29 is 23.7 Å². The molecule has 0 saturated heterocycles. The number of ether oxygens (including phenoxy) is 4. The lowest BCUT2D eigenvalue weighted by Crippen LogP contribution is -2.13. The molecule has 1 N–H and O–H groups in total. The highest BCUT2D eigenvalue weighted by Gasteiger charge is 2.13. The predicted molar refractivity (Wildman–Crippen MR) is 110 cm³/mol. The average Bonchev–Trinajstić information content (AvgIpc) is 2.70. The van der Waals surface area contributed by atoms with Crippen LogP contribution in [0.1, 0.15) is 18.1 Å². The number of esters is 1. The maximum absolute atomic E-state index is 11.3. The lowest BCUT2D eigenvalue weighted by molar-refractivity contribution is -0.142. The monoisotopic (exact) mass is 450 g/mol. The zero-order chi connectivity index (χ0) is 20.4. The van der Waals surface area contributed by atoms with Crippen molar-refractivity contribution in [3.05, 3.63) is 52.0 Å². The van der Waals surface area contributed by atoms with E-state index in [0.29, 0.717) is 29.1 Å². The van der Waals surface area contributed by atoms with E-state index in [1.165, 1.54) is 7.11 Å². The third kappa shape index (κ3) is 6.16. The lowest BCUT2D eigenvalue weighted by Gasteiger charge is -2.14. The van der Waals surface area contributed by atoms with Gasteiger partial charge >= 0.3 is 5.97 Å². The summed E-state index contributed by atoms with van der Waals surface area (Å²) in [5.74, 6) is 1.28. The van der Waals surface area contributed by atoms with E-state index < -0.39 is 5.97 Å². The molecule has 2 aromatic rings. The van der Waals surface area contributed by atoms with Gasteiger partial charge in [0.25, 0.3) is 0 Å². The molecule has 28 heavy (non-hydrogen) atoms. The van der Waals surface area contributed by atoms with Crippen LogP contribution in [0.3, 0.4) is 0 Å². The molecule has 2 rings (SSSR count). The molecule has 0 radical (unpaired) electrons. The van der Waals surface area contributed by atoms with Crippen molar-refractivity contribution in [2.75, 3.05) is 27.4 Å². The first-order valence-electron chi connectivity index (χ1n) is 8.62. The molecule has 0 bridgehead atoms. The average molecular weight is 451 g/mol. The van der Waals surface area contributed by atoms with Crippen LogP contribution in [0.15, 0.2) is 46.0 Å². The van der Waals surface area contributed by atoms with Crippen molar-refractivity contribution in [1.82, 2.24) is 5.43 Å². The van der Waals surface area contributed by atoms with Gasteiger partial charge in [-0.05, 0) is 46.6 Å². The number of hydrogen-bond donors (Lipinski definition) is 1. The fourth-order valence-electron chi connectivity index (χ4n) is 2.36. The van der Waals surface area contributed by atoms with E-state index in [0.717, 1.165) is 16.9 Å². The minimum Gasteiger partial charge on any atom is -0.496 e. The van der Waals surface area contributed by atoms with Crippen molar-refractivity contribution >= 4 is 28.1 Å². The Bertz CT molecular complexity index is 826. The first kappa shape index (κ1) is 21.6. The van der Waals surface area contributed by atoms with E-state index in [1.807, 2.05) is 37.3 Å². The maximum atomic E-state index is 11.3. The van der Waals surface area contributed by atoms with E-state index in [2.05, 4.69) is 31.2 Å². The van der Waals surface area contributed by atoms with Gasteiger partial charge in [-0.25, -0.2) is 4.79 Å². The Morgan fingerprint density at radius 3 is 2.68 bits per heavy atom. The molecule has 0 atom stereocenters. The Morgan fingerprint density at radius 1 is 1.18 bits per heavy atom. The summed E-state index contributed by atoms with van der Waals surface area (Å²) in [6, 6.07) is 11.3.